The molecular formula is C19H24N2O2S. The van der Waals surface area contributed by atoms with Gasteiger partial charge in [0.15, 0.2) is 5.09 Å². The lowest BCUT2D eigenvalue weighted by atomic mass is 10.1. The minimum absolute atomic E-state index is 0.112. The number of nitrogens with zero attached hydrogens (tertiary/aromatic N) is 1. The van der Waals surface area contributed by atoms with Crippen LogP contribution in [0.3, 0.4) is 0 Å². The molecule has 0 spiro atoms. The van der Waals surface area contributed by atoms with E-state index in [9.17, 15) is 4.79 Å². The molecule has 0 unspecified atom stereocenters. The van der Waals surface area contributed by atoms with Crippen molar-refractivity contribution < 1.29 is 9.21 Å². The van der Waals surface area contributed by atoms with Gasteiger partial charge < -0.3 is 9.73 Å². The molecule has 1 fully saturated rings. The molecule has 1 aliphatic rings. The van der Waals surface area contributed by atoms with Crippen LogP contribution in [0.5, 0.6) is 0 Å². The molecule has 1 N–H and O–H groups in total. The van der Waals surface area contributed by atoms with Gasteiger partial charge in [-0.05, 0) is 51.1 Å². The number of carbonyl (C=O) groups is 1. The third-order valence-corrected chi connectivity index (χ3v) is 5.18. The Morgan fingerprint density at radius 2 is 2.08 bits per heavy atom. The highest BCUT2D eigenvalue weighted by molar-refractivity contribution is 7.99. The Morgan fingerprint density at radius 1 is 1.29 bits per heavy atom. The summed E-state index contributed by atoms with van der Waals surface area (Å²) >= 11 is 1.64. The molecule has 1 aliphatic heterocycles. The number of hydrogen-bond donors (Lipinski definition) is 1. The van der Waals surface area contributed by atoms with E-state index in [1.807, 2.05) is 19.1 Å². The van der Waals surface area contributed by atoms with Crippen LogP contribution in [0, 0.1) is 12.8 Å². The topological polar surface area (TPSA) is 45.5 Å². The number of hydrogen-bond acceptors (Lipinski definition) is 4. The molecule has 3 rings (SSSR count). The first-order chi connectivity index (χ1) is 11.6. The first-order valence-corrected chi connectivity index (χ1v) is 9.29. The number of aryl methyl sites for hydroxylation is 1. The molecule has 1 atom stereocenters. The molecule has 0 aliphatic carbocycles. The lowest BCUT2D eigenvalue weighted by molar-refractivity contribution is -0.124. The Kier molecular flexibility index (Phi) is 5.63. The molecule has 0 radical (unpaired) electrons. The van der Waals surface area contributed by atoms with Crippen molar-refractivity contribution in [3.63, 3.8) is 0 Å². The molecule has 1 saturated heterocycles. The van der Waals surface area contributed by atoms with Gasteiger partial charge in [-0.3, -0.25) is 9.69 Å². The number of carbonyl (C=O) groups excluding carboxylic acids is 1. The Bertz CT molecular complexity index is 681. The number of benzene rings is 1. The second kappa shape index (κ2) is 7.90. The summed E-state index contributed by atoms with van der Waals surface area (Å²) in [6.07, 6.45) is 0.928. The van der Waals surface area contributed by atoms with E-state index in [1.54, 1.807) is 11.8 Å². The zero-order valence-electron chi connectivity index (χ0n) is 14.2. The van der Waals surface area contributed by atoms with Crippen LogP contribution in [0.1, 0.15) is 24.7 Å². The largest absolute Gasteiger partial charge is 0.453 e. The minimum atomic E-state index is 0.112. The highest BCUT2D eigenvalue weighted by atomic mass is 32.2. The molecule has 1 aromatic carbocycles. The fourth-order valence-electron chi connectivity index (χ4n) is 2.95. The summed E-state index contributed by atoms with van der Waals surface area (Å²) in [6, 6.07) is 12.5. The van der Waals surface area contributed by atoms with Crippen LogP contribution in [-0.2, 0) is 11.3 Å². The molecule has 24 heavy (non-hydrogen) atoms. The Hall–Kier alpha value is -1.72. The summed E-state index contributed by atoms with van der Waals surface area (Å²) in [6.45, 7) is 7.28. The third-order valence-electron chi connectivity index (χ3n) is 4.25. The van der Waals surface area contributed by atoms with Gasteiger partial charge in [-0.15, -0.1) is 0 Å². The maximum Gasteiger partial charge on any atom is 0.224 e. The Balaban J connectivity index is 1.53. The lowest BCUT2D eigenvalue weighted by Gasteiger charge is -2.14. The predicted octanol–water partition coefficient (Wildman–Crippen LogP) is 3.70. The van der Waals surface area contributed by atoms with Crippen molar-refractivity contribution in [1.82, 2.24) is 10.2 Å². The van der Waals surface area contributed by atoms with Crippen LogP contribution in [0.15, 0.2) is 50.8 Å². The maximum atomic E-state index is 11.9. The van der Waals surface area contributed by atoms with Crippen LogP contribution in [0.25, 0.3) is 0 Å². The van der Waals surface area contributed by atoms with Gasteiger partial charge in [0, 0.05) is 18.0 Å². The number of amides is 1. The van der Waals surface area contributed by atoms with Crippen LogP contribution >= 0.6 is 11.8 Å². The van der Waals surface area contributed by atoms with E-state index in [1.165, 1.54) is 10.5 Å². The first-order valence-electron chi connectivity index (χ1n) is 8.47. The first kappa shape index (κ1) is 17.1. The van der Waals surface area contributed by atoms with Crippen molar-refractivity contribution >= 4 is 17.7 Å². The van der Waals surface area contributed by atoms with Crippen LogP contribution < -0.4 is 5.32 Å². The van der Waals surface area contributed by atoms with Gasteiger partial charge in [0.1, 0.15) is 5.76 Å². The van der Waals surface area contributed by atoms with Gasteiger partial charge in [0.2, 0.25) is 5.91 Å². The fourth-order valence-corrected chi connectivity index (χ4v) is 3.74. The monoisotopic (exact) mass is 344 g/mol. The smallest absolute Gasteiger partial charge is 0.224 e. The SMILES string of the molecule is CCNC(=O)[C@@H]1CCN(Cc2ccc(Sc3ccc(C)cc3)o2)C1. The third kappa shape index (κ3) is 4.42. The molecule has 0 saturated carbocycles. The predicted molar refractivity (Wildman–Crippen MR) is 96.1 cm³/mol. The summed E-state index contributed by atoms with van der Waals surface area (Å²) in [5.74, 6) is 1.25. The molecular weight excluding hydrogens is 320 g/mol. The average molecular weight is 344 g/mol. The molecule has 2 heterocycles. The normalized spacial score (nSPS) is 18.0. The lowest BCUT2D eigenvalue weighted by Crippen LogP contribution is -2.32. The number of likely N-dealkylation sites (tertiary alicyclic amines) is 1. The van der Waals surface area contributed by atoms with Gasteiger partial charge in [-0.1, -0.05) is 29.5 Å². The Morgan fingerprint density at radius 3 is 2.83 bits per heavy atom. The van der Waals surface area contributed by atoms with E-state index in [0.717, 1.165) is 36.9 Å². The van der Waals surface area contributed by atoms with Gasteiger partial charge in [0.25, 0.3) is 0 Å². The van der Waals surface area contributed by atoms with E-state index >= 15 is 0 Å². The van der Waals surface area contributed by atoms with E-state index in [4.69, 9.17) is 4.42 Å². The number of rotatable bonds is 6. The molecule has 128 valence electrons. The van der Waals surface area contributed by atoms with E-state index in [-0.39, 0.29) is 11.8 Å². The van der Waals surface area contributed by atoms with Crippen molar-refractivity contribution in [2.45, 2.75) is 36.8 Å². The van der Waals surface area contributed by atoms with Crippen molar-refractivity contribution in [1.29, 1.82) is 0 Å². The minimum Gasteiger partial charge on any atom is -0.453 e. The number of furan rings is 1. The molecule has 1 aromatic heterocycles. The zero-order valence-corrected chi connectivity index (χ0v) is 15.1. The number of nitrogens with one attached hydrogen (secondary N) is 1. The molecule has 1 amide bonds. The van der Waals surface area contributed by atoms with E-state index in [2.05, 4.69) is 41.4 Å². The van der Waals surface area contributed by atoms with Gasteiger partial charge >= 0.3 is 0 Å². The van der Waals surface area contributed by atoms with Crippen molar-refractivity contribution in [2.75, 3.05) is 19.6 Å². The van der Waals surface area contributed by atoms with Crippen LogP contribution in [0.2, 0.25) is 0 Å². The van der Waals surface area contributed by atoms with E-state index in [0.29, 0.717) is 6.54 Å². The molecule has 2 aromatic rings. The Labute approximate surface area is 147 Å². The van der Waals surface area contributed by atoms with Crippen molar-refractivity contribution in [2.24, 2.45) is 5.92 Å². The second-order valence-electron chi connectivity index (χ2n) is 6.25. The highest BCUT2D eigenvalue weighted by Gasteiger charge is 2.28. The molecule has 4 nitrogen and oxygen atoms in total. The average Bonchev–Trinajstić information content (AvgIpc) is 3.20. The standard InChI is InChI=1S/C19H24N2O2S/c1-3-20-19(22)15-10-11-21(12-15)13-16-6-9-18(23-16)24-17-7-4-14(2)5-8-17/h4-9,15H,3,10-13H2,1-2H3,(H,20,22)/t15-/m1/s1. The maximum absolute atomic E-state index is 11.9. The fraction of sp³-hybridized carbons (Fsp3) is 0.421. The van der Waals surface area contributed by atoms with Gasteiger partial charge in [-0.2, -0.15) is 0 Å². The molecule has 5 heteroatoms. The summed E-state index contributed by atoms with van der Waals surface area (Å²) in [5, 5.41) is 3.83. The van der Waals surface area contributed by atoms with Gasteiger partial charge in [-0.25, -0.2) is 0 Å². The second-order valence-corrected chi connectivity index (χ2v) is 7.33. The van der Waals surface area contributed by atoms with Crippen LogP contribution in [-0.4, -0.2) is 30.4 Å². The quantitative estimate of drug-likeness (QED) is 0.868. The van der Waals surface area contributed by atoms with Gasteiger partial charge in [0.05, 0.1) is 12.5 Å². The summed E-state index contributed by atoms with van der Waals surface area (Å²) < 4.78 is 5.94. The van der Waals surface area contributed by atoms with E-state index < -0.39 is 0 Å². The zero-order chi connectivity index (χ0) is 16.9. The van der Waals surface area contributed by atoms with Crippen molar-refractivity contribution in [3.05, 3.63) is 47.7 Å². The summed E-state index contributed by atoms with van der Waals surface area (Å²) in [4.78, 5) is 15.4. The highest BCUT2D eigenvalue weighted by Crippen LogP contribution is 2.30. The molecule has 0 bridgehead atoms. The summed E-state index contributed by atoms with van der Waals surface area (Å²) in [7, 11) is 0. The summed E-state index contributed by atoms with van der Waals surface area (Å²) in [5.41, 5.74) is 1.26. The van der Waals surface area contributed by atoms with Crippen molar-refractivity contribution in [3.8, 4) is 0 Å². The van der Waals surface area contributed by atoms with Crippen LogP contribution in [0.4, 0.5) is 0 Å².